The summed E-state index contributed by atoms with van der Waals surface area (Å²) >= 11 is 1.96. The second-order valence-corrected chi connectivity index (χ2v) is 7.53. The van der Waals surface area contributed by atoms with Crippen molar-refractivity contribution in [1.29, 1.82) is 0 Å². The molecule has 1 aromatic rings. The van der Waals surface area contributed by atoms with Gasteiger partial charge in [0.05, 0.1) is 14.2 Å². The van der Waals surface area contributed by atoms with Crippen molar-refractivity contribution in [2.45, 2.75) is 45.2 Å². The number of hydrogen-bond donors (Lipinski definition) is 1. The number of hydrogen-bond acceptors (Lipinski definition) is 4. The number of ether oxygens (including phenoxy) is 2. The van der Waals surface area contributed by atoms with Crippen LogP contribution < -0.4 is 5.32 Å². The molecule has 0 spiro atoms. The Morgan fingerprint density at radius 1 is 1.30 bits per heavy atom. The van der Waals surface area contributed by atoms with Crippen molar-refractivity contribution in [3.8, 4) is 0 Å². The van der Waals surface area contributed by atoms with Gasteiger partial charge in [0.2, 0.25) is 0 Å². The molecule has 0 amide bonds. The maximum atomic E-state index is 5.60. The SMILES string of the molecule is CCc1cc2c(s1)CNC1CCC3=CC(OC)=C(OC)CC3=C21. The Bertz CT molecular complexity index is 739. The maximum absolute atomic E-state index is 5.60. The summed E-state index contributed by atoms with van der Waals surface area (Å²) in [5.74, 6) is 1.83. The Kier molecular flexibility index (Phi) is 3.82. The number of fused-ring (bicyclic) bond motifs is 4. The second-order valence-electron chi connectivity index (χ2n) is 6.31. The van der Waals surface area contributed by atoms with Gasteiger partial charge in [-0.05, 0) is 53.7 Å². The molecule has 2 heterocycles. The molecule has 3 nitrogen and oxygen atoms in total. The molecule has 0 radical (unpaired) electrons. The molecule has 0 bridgehead atoms. The third-order valence-corrected chi connectivity index (χ3v) is 6.43. The number of thiophene rings is 1. The monoisotopic (exact) mass is 329 g/mol. The summed E-state index contributed by atoms with van der Waals surface area (Å²) in [5, 5.41) is 3.74. The van der Waals surface area contributed by atoms with Crippen LogP contribution in [0.15, 0.2) is 34.8 Å². The molecule has 1 aromatic heterocycles. The van der Waals surface area contributed by atoms with Crippen LogP contribution in [0.25, 0.3) is 5.57 Å². The van der Waals surface area contributed by atoms with E-state index in [-0.39, 0.29) is 0 Å². The molecule has 0 saturated heterocycles. The predicted octanol–water partition coefficient (Wildman–Crippen LogP) is 4.16. The topological polar surface area (TPSA) is 30.5 Å². The van der Waals surface area contributed by atoms with Crippen molar-refractivity contribution in [3.05, 3.63) is 50.1 Å². The molecule has 4 rings (SSSR count). The number of allylic oxidation sites excluding steroid dienone is 3. The Morgan fingerprint density at radius 2 is 2.17 bits per heavy atom. The third kappa shape index (κ3) is 2.36. The van der Waals surface area contributed by atoms with Crippen molar-refractivity contribution >= 4 is 16.9 Å². The van der Waals surface area contributed by atoms with Crippen molar-refractivity contribution in [2.24, 2.45) is 0 Å². The molecule has 3 aliphatic rings. The summed E-state index contributed by atoms with van der Waals surface area (Å²) in [4.78, 5) is 2.97. The highest BCUT2D eigenvalue weighted by Crippen LogP contribution is 2.46. The van der Waals surface area contributed by atoms with E-state index < -0.39 is 0 Å². The number of rotatable bonds is 3. The molecule has 0 fully saturated rings. The first-order valence-electron chi connectivity index (χ1n) is 8.35. The molecule has 0 aromatic carbocycles. The van der Waals surface area contributed by atoms with Crippen LogP contribution in [0.4, 0.5) is 0 Å². The average Bonchev–Trinajstić information content (AvgIpc) is 3.03. The fourth-order valence-electron chi connectivity index (χ4n) is 3.97. The molecule has 0 saturated carbocycles. The van der Waals surface area contributed by atoms with E-state index in [1.165, 1.54) is 38.5 Å². The second kappa shape index (κ2) is 5.84. The molecule has 2 aliphatic carbocycles. The quantitative estimate of drug-likeness (QED) is 0.903. The minimum Gasteiger partial charge on any atom is -0.497 e. The highest BCUT2D eigenvalue weighted by atomic mass is 32.1. The zero-order valence-electron chi connectivity index (χ0n) is 14.0. The van der Waals surface area contributed by atoms with Gasteiger partial charge in [-0.3, -0.25) is 0 Å². The van der Waals surface area contributed by atoms with E-state index in [4.69, 9.17) is 9.47 Å². The van der Waals surface area contributed by atoms with Gasteiger partial charge >= 0.3 is 0 Å². The van der Waals surface area contributed by atoms with Crippen LogP contribution >= 0.6 is 11.3 Å². The first-order valence-corrected chi connectivity index (χ1v) is 9.17. The fourth-order valence-corrected chi connectivity index (χ4v) is 5.04. The lowest BCUT2D eigenvalue weighted by Gasteiger charge is -2.36. The third-order valence-electron chi connectivity index (χ3n) is 5.16. The zero-order chi connectivity index (χ0) is 16.0. The van der Waals surface area contributed by atoms with Gasteiger partial charge in [0.25, 0.3) is 0 Å². The molecular weight excluding hydrogens is 306 g/mol. The number of aryl methyl sites for hydroxylation is 1. The van der Waals surface area contributed by atoms with Gasteiger partial charge in [-0.1, -0.05) is 6.92 Å². The lowest BCUT2D eigenvalue weighted by molar-refractivity contribution is 0.222. The normalized spacial score (nSPS) is 23.1. The summed E-state index contributed by atoms with van der Waals surface area (Å²) in [5.41, 5.74) is 5.86. The van der Waals surface area contributed by atoms with E-state index in [0.29, 0.717) is 6.04 Å². The van der Waals surface area contributed by atoms with Crippen LogP contribution in [-0.4, -0.2) is 20.3 Å². The largest absolute Gasteiger partial charge is 0.497 e. The Morgan fingerprint density at radius 3 is 2.91 bits per heavy atom. The minimum atomic E-state index is 0.483. The van der Waals surface area contributed by atoms with Gasteiger partial charge in [0.15, 0.2) is 5.76 Å². The Labute approximate surface area is 141 Å². The van der Waals surface area contributed by atoms with Crippen LogP contribution in [0, 0.1) is 0 Å². The van der Waals surface area contributed by atoms with Gasteiger partial charge in [-0.15, -0.1) is 11.3 Å². The van der Waals surface area contributed by atoms with Gasteiger partial charge in [0, 0.05) is 28.8 Å². The van der Waals surface area contributed by atoms with Crippen LogP contribution in [0.3, 0.4) is 0 Å². The number of methoxy groups -OCH3 is 2. The van der Waals surface area contributed by atoms with Crippen LogP contribution in [0.5, 0.6) is 0 Å². The lowest BCUT2D eigenvalue weighted by atomic mass is 9.76. The Balaban J connectivity index is 1.86. The van der Waals surface area contributed by atoms with E-state index in [1.807, 2.05) is 11.3 Å². The summed E-state index contributed by atoms with van der Waals surface area (Å²) in [7, 11) is 3.46. The summed E-state index contributed by atoms with van der Waals surface area (Å²) in [6.07, 6.45) is 6.42. The standard InChI is InChI=1S/C19H23NO2S/c1-4-12-8-14-18(23-12)10-20-15-6-5-11-7-16(21-2)17(22-3)9-13(11)19(14)15/h7-8,15,20H,4-6,9-10H2,1-3H3. The minimum absolute atomic E-state index is 0.483. The lowest BCUT2D eigenvalue weighted by Crippen LogP contribution is -2.37. The summed E-state index contributed by atoms with van der Waals surface area (Å²) < 4.78 is 11.1. The molecule has 1 N–H and O–H groups in total. The van der Waals surface area contributed by atoms with E-state index in [9.17, 15) is 0 Å². The van der Waals surface area contributed by atoms with E-state index in [2.05, 4.69) is 24.4 Å². The van der Waals surface area contributed by atoms with Crippen molar-refractivity contribution in [1.82, 2.24) is 5.32 Å². The highest BCUT2D eigenvalue weighted by Gasteiger charge is 2.34. The molecular formula is C19H23NO2S. The molecule has 4 heteroatoms. The first-order chi connectivity index (χ1) is 11.2. The van der Waals surface area contributed by atoms with Gasteiger partial charge in [-0.25, -0.2) is 0 Å². The average molecular weight is 329 g/mol. The maximum Gasteiger partial charge on any atom is 0.157 e. The van der Waals surface area contributed by atoms with Crippen molar-refractivity contribution in [2.75, 3.05) is 14.2 Å². The van der Waals surface area contributed by atoms with Crippen LogP contribution in [-0.2, 0) is 22.4 Å². The molecule has 1 unspecified atom stereocenters. The molecule has 23 heavy (non-hydrogen) atoms. The smallest absolute Gasteiger partial charge is 0.157 e. The van der Waals surface area contributed by atoms with Crippen LogP contribution in [0.2, 0.25) is 0 Å². The van der Waals surface area contributed by atoms with E-state index in [1.54, 1.807) is 14.2 Å². The molecule has 122 valence electrons. The van der Waals surface area contributed by atoms with Gasteiger partial charge in [0.1, 0.15) is 5.76 Å². The fraction of sp³-hybridized carbons (Fsp3) is 0.474. The number of nitrogens with one attached hydrogen (secondary N) is 1. The van der Waals surface area contributed by atoms with Gasteiger partial charge in [-0.2, -0.15) is 0 Å². The molecule has 1 aliphatic heterocycles. The van der Waals surface area contributed by atoms with Crippen LogP contribution in [0.1, 0.15) is 41.5 Å². The molecule has 1 atom stereocenters. The highest BCUT2D eigenvalue weighted by molar-refractivity contribution is 7.12. The van der Waals surface area contributed by atoms with Gasteiger partial charge < -0.3 is 14.8 Å². The first kappa shape index (κ1) is 15.0. The summed E-state index contributed by atoms with van der Waals surface area (Å²) in [6.45, 7) is 3.25. The Hall–Kier alpha value is -1.52. The predicted molar refractivity (Wildman–Crippen MR) is 94.2 cm³/mol. The zero-order valence-corrected chi connectivity index (χ0v) is 14.8. The van der Waals surface area contributed by atoms with Crippen molar-refractivity contribution < 1.29 is 9.47 Å². The summed E-state index contributed by atoms with van der Waals surface area (Å²) in [6, 6.07) is 2.90. The van der Waals surface area contributed by atoms with Crippen molar-refractivity contribution in [3.63, 3.8) is 0 Å². The van der Waals surface area contributed by atoms with E-state index >= 15 is 0 Å². The van der Waals surface area contributed by atoms with E-state index in [0.717, 1.165) is 37.3 Å².